The molecule has 1 fully saturated rings. The van der Waals surface area contributed by atoms with Crippen molar-refractivity contribution in [2.45, 2.75) is 24.9 Å². The van der Waals surface area contributed by atoms with Gasteiger partial charge in [-0.05, 0) is 24.8 Å². The molecule has 0 saturated carbocycles. The van der Waals surface area contributed by atoms with Gasteiger partial charge >= 0.3 is 0 Å². The summed E-state index contributed by atoms with van der Waals surface area (Å²) in [7, 11) is 0. The van der Waals surface area contributed by atoms with Crippen molar-refractivity contribution in [2.75, 3.05) is 6.61 Å². The van der Waals surface area contributed by atoms with Crippen LogP contribution in [0.15, 0.2) is 43.0 Å². The molecule has 14 heavy (non-hydrogen) atoms. The van der Waals surface area contributed by atoms with E-state index in [4.69, 9.17) is 4.74 Å². The summed E-state index contributed by atoms with van der Waals surface area (Å²) < 4.78 is 5.37. The Bertz CT molecular complexity index is 298. The van der Waals surface area contributed by atoms with Gasteiger partial charge in [0.25, 0.3) is 0 Å². The van der Waals surface area contributed by atoms with Crippen LogP contribution in [0.3, 0.4) is 0 Å². The monoisotopic (exact) mass is 188 g/mol. The van der Waals surface area contributed by atoms with Crippen molar-refractivity contribution in [1.82, 2.24) is 0 Å². The molecule has 1 heterocycles. The lowest BCUT2D eigenvalue weighted by Crippen LogP contribution is -2.06. The van der Waals surface area contributed by atoms with Crippen LogP contribution in [0.4, 0.5) is 0 Å². The predicted octanol–water partition coefficient (Wildman–Crippen LogP) is 2.96. The second kappa shape index (κ2) is 3.97. The molecular weight excluding hydrogens is 172 g/mol. The molecule has 74 valence electrons. The molecule has 1 heteroatoms. The Labute approximate surface area is 85.4 Å². The van der Waals surface area contributed by atoms with Gasteiger partial charge in [0.2, 0.25) is 0 Å². The molecule has 1 aliphatic rings. The number of aryl methyl sites for hydroxylation is 1. The standard InChI is InChI=1S/C13H16O/c1-2-13(11-14-13)10-6-9-12-7-4-3-5-8-12/h2-5,7-8H,1,6,9-11H2. The number of hydrogen-bond acceptors (Lipinski definition) is 1. The first kappa shape index (κ1) is 9.47. The van der Waals surface area contributed by atoms with Crippen LogP contribution in [-0.4, -0.2) is 12.2 Å². The Morgan fingerprint density at radius 1 is 1.36 bits per heavy atom. The molecule has 0 aromatic heterocycles. The molecule has 0 N–H and O–H groups in total. The summed E-state index contributed by atoms with van der Waals surface area (Å²) in [5.41, 5.74) is 1.45. The van der Waals surface area contributed by atoms with Crippen molar-refractivity contribution in [2.24, 2.45) is 0 Å². The van der Waals surface area contributed by atoms with Crippen molar-refractivity contribution < 1.29 is 4.74 Å². The van der Waals surface area contributed by atoms with Crippen LogP contribution in [0.1, 0.15) is 18.4 Å². The Balaban J connectivity index is 1.76. The highest BCUT2D eigenvalue weighted by Gasteiger charge is 2.40. The van der Waals surface area contributed by atoms with E-state index < -0.39 is 0 Å². The lowest BCUT2D eigenvalue weighted by Gasteiger charge is -2.05. The molecule has 0 amide bonds. The van der Waals surface area contributed by atoms with E-state index in [1.54, 1.807) is 0 Å². The fourth-order valence-corrected chi connectivity index (χ4v) is 1.69. The van der Waals surface area contributed by atoms with E-state index in [2.05, 4.69) is 36.9 Å². The third kappa shape index (κ3) is 2.24. The third-order valence-electron chi connectivity index (χ3n) is 2.80. The fourth-order valence-electron chi connectivity index (χ4n) is 1.69. The highest BCUT2D eigenvalue weighted by Crippen LogP contribution is 2.33. The van der Waals surface area contributed by atoms with Crippen LogP contribution < -0.4 is 0 Å². The lowest BCUT2D eigenvalue weighted by atomic mass is 10.0. The number of benzene rings is 1. The van der Waals surface area contributed by atoms with Gasteiger partial charge in [-0.2, -0.15) is 0 Å². The Hall–Kier alpha value is -1.08. The minimum absolute atomic E-state index is 0.0365. The maximum absolute atomic E-state index is 5.37. The van der Waals surface area contributed by atoms with E-state index >= 15 is 0 Å². The fraction of sp³-hybridized carbons (Fsp3) is 0.385. The first-order valence-corrected chi connectivity index (χ1v) is 5.16. The molecule has 1 aromatic rings. The van der Waals surface area contributed by atoms with Gasteiger partial charge in [0.1, 0.15) is 5.60 Å². The van der Waals surface area contributed by atoms with Crippen LogP contribution in [0.25, 0.3) is 0 Å². The summed E-state index contributed by atoms with van der Waals surface area (Å²) in [5.74, 6) is 0. The van der Waals surface area contributed by atoms with Crippen LogP contribution in [0, 0.1) is 0 Å². The van der Waals surface area contributed by atoms with Crippen molar-refractivity contribution in [3.05, 3.63) is 48.6 Å². The molecule has 1 saturated heterocycles. The van der Waals surface area contributed by atoms with Crippen LogP contribution in [-0.2, 0) is 11.2 Å². The highest BCUT2D eigenvalue weighted by atomic mass is 16.6. The smallest absolute Gasteiger partial charge is 0.109 e. The van der Waals surface area contributed by atoms with Crippen molar-refractivity contribution >= 4 is 0 Å². The average molecular weight is 188 g/mol. The van der Waals surface area contributed by atoms with Gasteiger partial charge in [-0.1, -0.05) is 36.4 Å². The van der Waals surface area contributed by atoms with Crippen LogP contribution >= 0.6 is 0 Å². The summed E-state index contributed by atoms with van der Waals surface area (Å²) in [6.45, 7) is 4.66. The normalized spacial score (nSPS) is 24.6. The first-order chi connectivity index (χ1) is 6.85. The van der Waals surface area contributed by atoms with E-state index in [0.29, 0.717) is 0 Å². The number of epoxide rings is 1. The molecule has 1 aliphatic heterocycles. The van der Waals surface area contributed by atoms with E-state index in [9.17, 15) is 0 Å². The van der Waals surface area contributed by atoms with Gasteiger partial charge in [0, 0.05) is 0 Å². The zero-order valence-electron chi connectivity index (χ0n) is 8.41. The molecule has 1 nitrogen and oxygen atoms in total. The molecule has 0 bridgehead atoms. The van der Waals surface area contributed by atoms with Gasteiger partial charge in [0.15, 0.2) is 0 Å². The number of ether oxygens (including phenoxy) is 1. The largest absolute Gasteiger partial charge is 0.365 e. The second-order valence-electron chi connectivity index (χ2n) is 3.90. The molecular formula is C13H16O. The van der Waals surface area contributed by atoms with Crippen molar-refractivity contribution in [1.29, 1.82) is 0 Å². The summed E-state index contributed by atoms with van der Waals surface area (Å²) in [5, 5.41) is 0. The Morgan fingerprint density at radius 2 is 2.07 bits per heavy atom. The van der Waals surface area contributed by atoms with Gasteiger partial charge in [-0.25, -0.2) is 0 Å². The SMILES string of the molecule is C=CC1(CCCc2ccccc2)CO1. The minimum atomic E-state index is 0.0365. The number of hydrogen-bond donors (Lipinski definition) is 0. The number of rotatable bonds is 5. The summed E-state index contributed by atoms with van der Waals surface area (Å²) in [6, 6.07) is 10.6. The maximum atomic E-state index is 5.37. The van der Waals surface area contributed by atoms with E-state index in [1.165, 1.54) is 12.0 Å². The summed E-state index contributed by atoms with van der Waals surface area (Å²) in [6.07, 6.45) is 5.36. The Morgan fingerprint density at radius 3 is 2.64 bits per heavy atom. The predicted molar refractivity (Wildman–Crippen MR) is 58.3 cm³/mol. The maximum Gasteiger partial charge on any atom is 0.109 e. The van der Waals surface area contributed by atoms with Crippen LogP contribution in [0.2, 0.25) is 0 Å². The molecule has 1 unspecified atom stereocenters. The molecule has 1 atom stereocenters. The first-order valence-electron chi connectivity index (χ1n) is 5.16. The average Bonchev–Trinajstić information content (AvgIpc) is 3.00. The van der Waals surface area contributed by atoms with Crippen molar-refractivity contribution in [3.63, 3.8) is 0 Å². The third-order valence-corrected chi connectivity index (χ3v) is 2.80. The molecule has 0 aliphatic carbocycles. The minimum Gasteiger partial charge on any atom is -0.365 e. The van der Waals surface area contributed by atoms with Gasteiger partial charge in [0.05, 0.1) is 6.61 Å². The summed E-state index contributed by atoms with van der Waals surface area (Å²) in [4.78, 5) is 0. The van der Waals surface area contributed by atoms with Gasteiger partial charge in [-0.3, -0.25) is 0 Å². The van der Waals surface area contributed by atoms with Crippen LogP contribution in [0.5, 0.6) is 0 Å². The van der Waals surface area contributed by atoms with Crippen molar-refractivity contribution in [3.8, 4) is 0 Å². The van der Waals surface area contributed by atoms with Gasteiger partial charge < -0.3 is 4.74 Å². The van der Waals surface area contributed by atoms with E-state index in [1.807, 2.05) is 6.08 Å². The zero-order valence-corrected chi connectivity index (χ0v) is 8.41. The Kier molecular flexibility index (Phi) is 2.69. The van der Waals surface area contributed by atoms with Gasteiger partial charge in [-0.15, -0.1) is 6.58 Å². The van der Waals surface area contributed by atoms with E-state index in [0.717, 1.165) is 19.4 Å². The molecule has 0 spiro atoms. The second-order valence-corrected chi connectivity index (χ2v) is 3.90. The molecule has 2 rings (SSSR count). The lowest BCUT2D eigenvalue weighted by molar-refractivity contribution is 0.332. The quantitative estimate of drug-likeness (QED) is 0.511. The summed E-state index contributed by atoms with van der Waals surface area (Å²) >= 11 is 0. The zero-order chi connectivity index (χ0) is 9.86. The topological polar surface area (TPSA) is 12.5 Å². The molecule has 0 radical (unpaired) electrons. The molecule has 1 aromatic carbocycles. The highest BCUT2D eigenvalue weighted by molar-refractivity contribution is 5.15. The van der Waals surface area contributed by atoms with E-state index in [-0.39, 0.29) is 5.60 Å².